The molecule has 0 saturated carbocycles. The second-order valence-electron chi connectivity index (χ2n) is 2.72. The van der Waals surface area contributed by atoms with Gasteiger partial charge in [0.05, 0.1) is 10.9 Å². The predicted molar refractivity (Wildman–Crippen MR) is 57.9 cm³/mol. The van der Waals surface area contributed by atoms with Gasteiger partial charge in [0.2, 0.25) is 0 Å². The van der Waals surface area contributed by atoms with Crippen molar-refractivity contribution in [1.29, 1.82) is 0 Å². The molecule has 2 N–H and O–H groups in total. The number of nitrogens with one attached hydrogen (secondary N) is 2. The van der Waals surface area contributed by atoms with Crippen molar-refractivity contribution < 1.29 is 0 Å². The van der Waals surface area contributed by atoms with Gasteiger partial charge in [-0.2, -0.15) is 0 Å². The Morgan fingerprint density at radius 3 is 2.64 bits per heavy atom. The molecule has 0 radical (unpaired) electrons. The average Bonchev–Trinajstić information content (AvgIpc) is 2.07. The van der Waals surface area contributed by atoms with Gasteiger partial charge in [0.25, 0.3) is 5.56 Å². The minimum atomic E-state index is -0.537. The van der Waals surface area contributed by atoms with Gasteiger partial charge in [-0.25, -0.2) is 4.79 Å². The van der Waals surface area contributed by atoms with Crippen LogP contribution in [0.4, 0.5) is 0 Å². The van der Waals surface area contributed by atoms with Gasteiger partial charge < -0.3 is 4.98 Å². The fourth-order valence-electron chi connectivity index (χ4n) is 1.19. The molecular formula is C8H4BrClN2O2. The van der Waals surface area contributed by atoms with E-state index in [4.69, 9.17) is 11.6 Å². The summed E-state index contributed by atoms with van der Waals surface area (Å²) in [6.45, 7) is 0. The summed E-state index contributed by atoms with van der Waals surface area (Å²) >= 11 is 8.97. The summed E-state index contributed by atoms with van der Waals surface area (Å²) in [5.74, 6) is 0. The molecule has 14 heavy (non-hydrogen) atoms. The maximum atomic E-state index is 11.3. The van der Waals surface area contributed by atoms with Crippen LogP contribution in [0.5, 0.6) is 0 Å². The van der Waals surface area contributed by atoms with Crippen LogP contribution in [0.3, 0.4) is 0 Å². The first-order valence-electron chi connectivity index (χ1n) is 3.69. The van der Waals surface area contributed by atoms with Crippen molar-refractivity contribution in [2.75, 3.05) is 0 Å². The third-order valence-electron chi connectivity index (χ3n) is 1.77. The van der Waals surface area contributed by atoms with Crippen molar-refractivity contribution in [3.05, 3.63) is 42.5 Å². The fraction of sp³-hybridized carbons (Fsp3) is 0. The molecule has 0 amide bonds. The molecule has 0 bridgehead atoms. The van der Waals surface area contributed by atoms with Gasteiger partial charge in [-0.3, -0.25) is 9.78 Å². The highest BCUT2D eigenvalue weighted by molar-refractivity contribution is 9.10. The second kappa shape index (κ2) is 3.25. The van der Waals surface area contributed by atoms with Crippen LogP contribution in [-0.4, -0.2) is 9.97 Å². The smallest absolute Gasteiger partial charge is 0.306 e. The van der Waals surface area contributed by atoms with Crippen LogP contribution >= 0.6 is 27.5 Å². The quantitative estimate of drug-likeness (QED) is 0.767. The van der Waals surface area contributed by atoms with Crippen LogP contribution in [0.1, 0.15) is 0 Å². The maximum Gasteiger partial charge on any atom is 0.326 e. The predicted octanol–water partition coefficient (Wildman–Crippen LogP) is 1.63. The molecule has 0 aliphatic rings. The molecule has 1 heterocycles. The van der Waals surface area contributed by atoms with E-state index in [0.717, 1.165) is 0 Å². The number of halogens is 2. The first kappa shape index (κ1) is 9.48. The Bertz CT molecular complexity index is 617. The Hall–Kier alpha value is -1.07. The number of rotatable bonds is 0. The van der Waals surface area contributed by atoms with E-state index in [0.29, 0.717) is 20.4 Å². The summed E-state index contributed by atoms with van der Waals surface area (Å²) in [5, 5.41) is 0.783. The van der Waals surface area contributed by atoms with Gasteiger partial charge in [0.15, 0.2) is 0 Å². The Morgan fingerprint density at radius 1 is 1.21 bits per heavy atom. The van der Waals surface area contributed by atoms with Crippen molar-refractivity contribution in [2.24, 2.45) is 0 Å². The Morgan fingerprint density at radius 2 is 1.93 bits per heavy atom. The number of hydrogen-bond acceptors (Lipinski definition) is 2. The zero-order valence-corrected chi connectivity index (χ0v) is 9.07. The Balaban J connectivity index is 3.10. The highest BCUT2D eigenvalue weighted by Gasteiger charge is 2.05. The SMILES string of the molecule is O=c1[nH]c(=O)c2cc(Cl)cc(Br)c2[nH]1. The van der Waals surface area contributed by atoms with E-state index < -0.39 is 11.2 Å². The van der Waals surface area contributed by atoms with Crippen molar-refractivity contribution in [1.82, 2.24) is 9.97 Å². The minimum Gasteiger partial charge on any atom is -0.306 e. The third kappa shape index (κ3) is 1.49. The monoisotopic (exact) mass is 274 g/mol. The summed E-state index contributed by atoms with van der Waals surface area (Å²) in [7, 11) is 0. The summed E-state index contributed by atoms with van der Waals surface area (Å²) in [6.07, 6.45) is 0. The number of hydrogen-bond donors (Lipinski definition) is 2. The number of benzene rings is 1. The van der Waals surface area contributed by atoms with E-state index in [1.54, 1.807) is 6.07 Å². The van der Waals surface area contributed by atoms with Crippen LogP contribution in [0.15, 0.2) is 26.2 Å². The topological polar surface area (TPSA) is 65.7 Å². The van der Waals surface area contributed by atoms with E-state index in [1.807, 2.05) is 0 Å². The van der Waals surface area contributed by atoms with E-state index >= 15 is 0 Å². The summed E-state index contributed by atoms with van der Waals surface area (Å²) in [6, 6.07) is 3.11. The zero-order chi connectivity index (χ0) is 10.3. The first-order valence-corrected chi connectivity index (χ1v) is 4.86. The molecule has 1 aromatic carbocycles. The van der Waals surface area contributed by atoms with Crippen LogP contribution in [0.25, 0.3) is 10.9 Å². The maximum absolute atomic E-state index is 11.3. The van der Waals surface area contributed by atoms with Crippen LogP contribution in [0.2, 0.25) is 5.02 Å². The lowest BCUT2D eigenvalue weighted by Crippen LogP contribution is -2.21. The lowest BCUT2D eigenvalue weighted by atomic mass is 10.2. The highest BCUT2D eigenvalue weighted by atomic mass is 79.9. The summed E-state index contributed by atoms with van der Waals surface area (Å²) in [5.41, 5.74) is -0.541. The van der Waals surface area contributed by atoms with Gasteiger partial charge in [-0.15, -0.1) is 0 Å². The molecule has 2 rings (SSSR count). The molecule has 72 valence electrons. The van der Waals surface area contributed by atoms with Gasteiger partial charge in [0, 0.05) is 9.50 Å². The third-order valence-corrected chi connectivity index (χ3v) is 2.61. The Kier molecular flexibility index (Phi) is 2.20. The largest absolute Gasteiger partial charge is 0.326 e. The molecule has 0 unspecified atom stereocenters. The van der Waals surface area contributed by atoms with Crippen molar-refractivity contribution in [3.63, 3.8) is 0 Å². The van der Waals surface area contributed by atoms with E-state index in [2.05, 4.69) is 25.9 Å². The van der Waals surface area contributed by atoms with Gasteiger partial charge in [-0.05, 0) is 28.1 Å². The molecule has 0 aliphatic carbocycles. The minimum absolute atomic E-state index is 0.351. The average molecular weight is 275 g/mol. The van der Waals surface area contributed by atoms with Crippen molar-refractivity contribution >= 4 is 38.4 Å². The van der Waals surface area contributed by atoms with Crippen LogP contribution < -0.4 is 11.2 Å². The first-order chi connectivity index (χ1) is 6.58. The molecule has 4 nitrogen and oxygen atoms in total. The molecule has 0 atom stereocenters. The molecule has 2 aromatic rings. The fourth-order valence-corrected chi connectivity index (χ4v) is 2.10. The lowest BCUT2D eigenvalue weighted by molar-refractivity contribution is 1.08. The van der Waals surface area contributed by atoms with Crippen LogP contribution in [-0.2, 0) is 0 Å². The molecule has 0 spiro atoms. The molecular weight excluding hydrogens is 271 g/mol. The van der Waals surface area contributed by atoms with E-state index in [9.17, 15) is 9.59 Å². The molecule has 0 saturated heterocycles. The number of aromatic nitrogens is 2. The van der Waals surface area contributed by atoms with Gasteiger partial charge in [0.1, 0.15) is 0 Å². The standard InChI is InChI=1S/C8H4BrClN2O2/c9-5-2-3(10)1-4-6(5)11-8(14)12-7(4)13/h1-2H,(H2,11,12,13,14). The molecule has 1 aromatic heterocycles. The summed E-state index contributed by atoms with van der Waals surface area (Å²) in [4.78, 5) is 27.0. The molecule has 6 heteroatoms. The Labute approximate surface area is 91.0 Å². The van der Waals surface area contributed by atoms with Crippen molar-refractivity contribution in [2.45, 2.75) is 0 Å². The molecule has 0 fully saturated rings. The lowest BCUT2D eigenvalue weighted by Gasteiger charge is -1.99. The highest BCUT2D eigenvalue weighted by Crippen LogP contribution is 2.23. The van der Waals surface area contributed by atoms with E-state index in [-0.39, 0.29) is 0 Å². The normalized spacial score (nSPS) is 10.7. The number of aromatic amines is 2. The van der Waals surface area contributed by atoms with Gasteiger partial charge >= 0.3 is 5.69 Å². The zero-order valence-electron chi connectivity index (χ0n) is 6.73. The number of fused-ring (bicyclic) bond motifs is 1. The van der Waals surface area contributed by atoms with E-state index in [1.165, 1.54) is 6.07 Å². The van der Waals surface area contributed by atoms with Gasteiger partial charge in [-0.1, -0.05) is 11.6 Å². The summed E-state index contributed by atoms with van der Waals surface area (Å²) < 4.78 is 0.586. The number of H-pyrrole nitrogens is 2. The molecule has 0 aliphatic heterocycles. The van der Waals surface area contributed by atoms with Crippen LogP contribution in [0, 0.1) is 0 Å². The second-order valence-corrected chi connectivity index (χ2v) is 4.01. The van der Waals surface area contributed by atoms with Crippen molar-refractivity contribution in [3.8, 4) is 0 Å².